The summed E-state index contributed by atoms with van der Waals surface area (Å²) in [5, 5.41) is 2.68. The molecule has 0 fully saturated rings. The number of benzene rings is 4. The van der Waals surface area contributed by atoms with Crippen LogP contribution in [0.4, 0.5) is 10.5 Å². The number of hydrogen-bond donors (Lipinski definition) is 2. The normalized spacial score (nSPS) is 11.3. The van der Waals surface area contributed by atoms with Gasteiger partial charge < -0.3 is 14.6 Å². The highest BCUT2D eigenvalue weighted by atomic mass is 32.2. The summed E-state index contributed by atoms with van der Waals surface area (Å²) in [4.78, 5) is 28.2. The Kier molecular flexibility index (Phi) is 8.63. The minimum atomic E-state index is -4.07. The van der Waals surface area contributed by atoms with Crippen LogP contribution < -0.4 is 14.8 Å². The van der Waals surface area contributed by atoms with E-state index < -0.39 is 16.1 Å². The molecular weight excluding hydrogens is 552 g/mol. The summed E-state index contributed by atoms with van der Waals surface area (Å²) in [6.07, 6.45) is 2.46. The molecule has 0 saturated carbocycles. The zero-order chi connectivity index (χ0) is 29.5. The quantitative estimate of drug-likeness (QED) is 0.181. The number of nitrogens with one attached hydrogen (secondary N) is 2. The Labute approximate surface area is 244 Å². The van der Waals surface area contributed by atoms with Crippen molar-refractivity contribution in [2.24, 2.45) is 0 Å². The number of para-hydroxylation sites is 1. The van der Waals surface area contributed by atoms with Gasteiger partial charge in [0, 0.05) is 24.2 Å². The molecule has 0 aliphatic heterocycles. The number of unbranched alkanes of at least 4 members (excludes halogenated alkanes) is 1. The van der Waals surface area contributed by atoms with Gasteiger partial charge in [-0.1, -0.05) is 74.0 Å². The molecule has 1 aromatic heterocycles. The highest BCUT2D eigenvalue weighted by molar-refractivity contribution is 7.90. The Hall–Kier alpha value is -4.96. The summed E-state index contributed by atoms with van der Waals surface area (Å²) in [7, 11) is -4.07. The number of sulfonamides is 1. The van der Waals surface area contributed by atoms with E-state index in [1.54, 1.807) is 36.4 Å². The van der Waals surface area contributed by atoms with Crippen molar-refractivity contribution >= 4 is 39.2 Å². The molecule has 9 nitrogen and oxygen atoms in total. The summed E-state index contributed by atoms with van der Waals surface area (Å²) in [6.45, 7) is 2.75. The average Bonchev–Trinajstić information content (AvgIpc) is 3.33. The van der Waals surface area contributed by atoms with E-state index in [4.69, 9.17) is 9.72 Å². The number of hydrogen-bond acceptors (Lipinski definition) is 6. The maximum absolute atomic E-state index is 12.5. The largest absolute Gasteiger partial charge is 0.426 e. The standard InChI is InChI=1S/C32H30N4O5S/c1-2-3-13-31-34-28-20-25(33-22-37)18-19-29(28)36(31)21-23-14-16-24(17-15-23)27-11-7-8-12-30(27)41-32(38)35-42(39,40)26-9-5-4-6-10-26/h4-12,14-20,22H,2-3,13,21H2,1H3,(H,33,37)(H,35,38). The second kappa shape index (κ2) is 12.7. The fourth-order valence-electron chi connectivity index (χ4n) is 4.70. The van der Waals surface area contributed by atoms with E-state index >= 15 is 0 Å². The van der Waals surface area contributed by atoms with E-state index in [2.05, 4.69) is 16.8 Å². The van der Waals surface area contributed by atoms with Crippen LogP contribution in [0, 0.1) is 0 Å². The lowest BCUT2D eigenvalue weighted by Gasteiger charge is -2.13. The zero-order valence-electron chi connectivity index (χ0n) is 23.0. The van der Waals surface area contributed by atoms with Crippen LogP contribution in [0.3, 0.4) is 0 Å². The molecule has 0 atom stereocenters. The molecule has 4 aromatic carbocycles. The number of carbonyl (C=O) groups is 2. The first kappa shape index (κ1) is 28.6. The third-order valence-electron chi connectivity index (χ3n) is 6.77. The molecule has 42 heavy (non-hydrogen) atoms. The first-order valence-corrected chi connectivity index (χ1v) is 15.0. The molecular formula is C32H30N4O5S. The van der Waals surface area contributed by atoms with Crippen LogP contribution in [0.2, 0.25) is 0 Å². The smallest absolute Gasteiger partial charge is 0.409 e. The third kappa shape index (κ3) is 6.50. The highest BCUT2D eigenvalue weighted by Gasteiger charge is 2.20. The minimum Gasteiger partial charge on any atom is -0.409 e. The molecule has 0 spiro atoms. The summed E-state index contributed by atoms with van der Waals surface area (Å²) in [5.74, 6) is 1.21. The van der Waals surface area contributed by atoms with Gasteiger partial charge in [0.25, 0.3) is 10.0 Å². The van der Waals surface area contributed by atoms with E-state index in [1.807, 2.05) is 53.3 Å². The van der Waals surface area contributed by atoms with E-state index in [1.165, 1.54) is 12.1 Å². The number of fused-ring (bicyclic) bond motifs is 1. The second-order valence-electron chi connectivity index (χ2n) is 9.68. The van der Waals surface area contributed by atoms with Gasteiger partial charge in [0.05, 0.1) is 15.9 Å². The van der Waals surface area contributed by atoms with Gasteiger partial charge in [0.2, 0.25) is 6.41 Å². The van der Waals surface area contributed by atoms with Crippen molar-refractivity contribution in [3.05, 3.63) is 108 Å². The molecule has 0 aliphatic carbocycles. The number of anilines is 1. The van der Waals surface area contributed by atoms with Gasteiger partial charge in [-0.3, -0.25) is 4.79 Å². The fraction of sp³-hybridized carbons (Fsp3) is 0.156. The molecule has 5 aromatic rings. The summed E-state index contributed by atoms with van der Waals surface area (Å²) in [5.41, 5.74) is 5.00. The molecule has 0 radical (unpaired) electrons. The zero-order valence-corrected chi connectivity index (χ0v) is 23.8. The van der Waals surface area contributed by atoms with Gasteiger partial charge in [-0.15, -0.1) is 0 Å². The van der Waals surface area contributed by atoms with E-state index in [0.717, 1.165) is 47.2 Å². The van der Waals surface area contributed by atoms with Gasteiger partial charge in [-0.2, -0.15) is 0 Å². The molecule has 0 saturated heterocycles. The van der Waals surface area contributed by atoms with Crippen LogP contribution in [-0.4, -0.2) is 30.5 Å². The van der Waals surface area contributed by atoms with Crippen LogP contribution in [0.25, 0.3) is 22.2 Å². The number of nitrogens with zero attached hydrogens (tertiary/aromatic N) is 2. The lowest BCUT2D eigenvalue weighted by molar-refractivity contribution is -0.105. The first-order valence-electron chi connectivity index (χ1n) is 13.6. The number of imidazole rings is 1. The molecule has 0 aliphatic rings. The SMILES string of the molecule is CCCCc1nc2cc(NC=O)ccc2n1Cc1ccc(-c2ccccc2OC(=O)NS(=O)(=O)c2ccccc2)cc1. The second-order valence-corrected chi connectivity index (χ2v) is 11.4. The van der Waals surface area contributed by atoms with Gasteiger partial charge in [-0.25, -0.2) is 22.9 Å². The molecule has 2 amide bonds. The third-order valence-corrected chi connectivity index (χ3v) is 8.10. The monoisotopic (exact) mass is 582 g/mol. The molecule has 0 bridgehead atoms. The van der Waals surface area contributed by atoms with Gasteiger partial charge in [0.1, 0.15) is 11.6 Å². The van der Waals surface area contributed by atoms with Crippen LogP contribution in [0.15, 0.2) is 102 Å². The number of ether oxygens (including phenoxy) is 1. The van der Waals surface area contributed by atoms with Crippen LogP contribution >= 0.6 is 0 Å². The Balaban J connectivity index is 1.36. The van der Waals surface area contributed by atoms with Crippen molar-refractivity contribution in [3.8, 4) is 16.9 Å². The summed E-state index contributed by atoms with van der Waals surface area (Å²) in [6, 6.07) is 28.2. The van der Waals surface area contributed by atoms with E-state index in [-0.39, 0.29) is 10.6 Å². The number of carbonyl (C=O) groups excluding carboxylic acids is 2. The predicted octanol–water partition coefficient (Wildman–Crippen LogP) is 6.14. The molecule has 10 heteroatoms. The van der Waals surface area contributed by atoms with Crippen molar-refractivity contribution in [2.75, 3.05) is 5.32 Å². The minimum absolute atomic E-state index is 0.0348. The highest BCUT2D eigenvalue weighted by Crippen LogP contribution is 2.31. The summed E-state index contributed by atoms with van der Waals surface area (Å²) < 4.78 is 34.6. The number of amides is 2. The molecule has 2 N–H and O–H groups in total. The molecule has 5 rings (SSSR count). The number of aryl methyl sites for hydroxylation is 1. The van der Waals surface area contributed by atoms with Crippen LogP contribution in [0.5, 0.6) is 5.75 Å². The van der Waals surface area contributed by atoms with E-state index in [9.17, 15) is 18.0 Å². The average molecular weight is 583 g/mol. The fourth-order valence-corrected chi connectivity index (χ4v) is 5.59. The predicted molar refractivity (Wildman–Crippen MR) is 162 cm³/mol. The Bertz CT molecular complexity index is 1820. The van der Waals surface area contributed by atoms with Gasteiger partial charge in [-0.05, 0) is 53.9 Å². The lowest BCUT2D eigenvalue weighted by Crippen LogP contribution is -2.33. The molecule has 214 valence electrons. The Morgan fingerprint density at radius 2 is 1.69 bits per heavy atom. The van der Waals surface area contributed by atoms with E-state index in [0.29, 0.717) is 24.2 Å². The van der Waals surface area contributed by atoms with Gasteiger partial charge >= 0.3 is 6.09 Å². The molecule has 0 unspecified atom stereocenters. The summed E-state index contributed by atoms with van der Waals surface area (Å²) >= 11 is 0. The van der Waals surface area contributed by atoms with Crippen molar-refractivity contribution in [3.63, 3.8) is 0 Å². The maximum Gasteiger partial charge on any atom is 0.426 e. The Morgan fingerprint density at radius 3 is 2.43 bits per heavy atom. The number of rotatable bonds is 11. The van der Waals surface area contributed by atoms with Crippen molar-refractivity contribution in [2.45, 2.75) is 37.6 Å². The van der Waals surface area contributed by atoms with Crippen LogP contribution in [-0.2, 0) is 27.8 Å². The topological polar surface area (TPSA) is 119 Å². The van der Waals surface area contributed by atoms with Crippen molar-refractivity contribution < 1.29 is 22.7 Å². The Morgan fingerprint density at radius 1 is 0.952 bits per heavy atom. The van der Waals surface area contributed by atoms with Crippen molar-refractivity contribution in [1.82, 2.24) is 14.3 Å². The first-order chi connectivity index (χ1) is 20.4. The van der Waals surface area contributed by atoms with Crippen LogP contribution in [0.1, 0.15) is 31.2 Å². The number of aromatic nitrogens is 2. The van der Waals surface area contributed by atoms with Crippen molar-refractivity contribution in [1.29, 1.82) is 0 Å². The molecule has 1 heterocycles. The van der Waals surface area contributed by atoms with Gasteiger partial charge in [0.15, 0.2) is 0 Å². The maximum atomic E-state index is 12.5. The lowest BCUT2D eigenvalue weighted by atomic mass is 10.0.